The van der Waals surface area contributed by atoms with Crippen LogP contribution in [0.3, 0.4) is 0 Å². The normalized spacial score (nSPS) is 18.6. The molecular weight excluding hydrogens is 468 g/mol. The van der Waals surface area contributed by atoms with Crippen molar-refractivity contribution in [1.82, 2.24) is 29.9 Å². The van der Waals surface area contributed by atoms with Crippen LogP contribution in [-0.4, -0.2) is 42.3 Å². The molecular formula is C24H25BrN6O. The van der Waals surface area contributed by atoms with E-state index in [9.17, 15) is 4.79 Å². The van der Waals surface area contributed by atoms with Crippen molar-refractivity contribution in [3.8, 4) is 5.69 Å². The van der Waals surface area contributed by atoms with Gasteiger partial charge < -0.3 is 9.88 Å². The number of hydrogen-bond donors (Lipinski definition) is 1. The number of imidazole rings is 1. The quantitative estimate of drug-likeness (QED) is 0.437. The zero-order valence-electron chi connectivity index (χ0n) is 18.6. The summed E-state index contributed by atoms with van der Waals surface area (Å²) < 4.78 is 1.05. The first-order valence-electron chi connectivity index (χ1n) is 10.7. The van der Waals surface area contributed by atoms with Gasteiger partial charge in [-0.2, -0.15) is 15.0 Å². The van der Waals surface area contributed by atoms with Crippen molar-refractivity contribution in [3.05, 3.63) is 69.2 Å². The molecule has 32 heavy (non-hydrogen) atoms. The van der Waals surface area contributed by atoms with Gasteiger partial charge in [-0.15, -0.1) is 0 Å². The minimum Gasteiger partial charge on any atom is -0.340 e. The maximum atomic E-state index is 13.9. The molecule has 0 bridgehead atoms. The van der Waals surface area contributed by atoms with Crippen LogP contribution in [0.2, 0.25) is 0 Å². The third kappa shape index (κ3) is 3.16. The monoisotopic (exact) mass is 492 g/mol. The number of carbonyl (C=O) groups excluding carboxylic acids is 1. The van der Waals surface area contributed by atoms with Crippen molar-refractivity contribution in [1.29, 1.82) is 0 Å². The maximum Gasteiger partial charge on any atom is 0.256 e. The van der Waals surface area contributed by atoms with E-state index < -0.39 is 5.54 Å². The number of H-pyrrole nitrogens is 1. The molecule has 1 unspecified atom stereocenters. The molecule has 164 valence electrons. The van der Waals surface area contributed by atoms with Gasteiger partial charge in [-0.05, 0) is 69.9 Å². The van der Waals surface area contributed by atoms with E-state index in [-0.39, 0.29) is 5.91 Å². The molecule has 4 aromatic rings. The molecule has 0 aliphatic carbocycles. The molecule has 1 N–H and O–H groups in total. The minimum atomic E-state index is -0.526. The molecule has 8 heteroatoms. The second-order valence-corrected chi connectivity index (χ2v) is 9.62. The van der Waals surface area contributed by atoms with E-state index in [1.165, 1.54) is 10.4 Å². The van der Waals surface area contributed by atoms with E-state index in [0.717, 1.165) is 45.3 Å². The molecule has 1 fully saturated rings. The van der Waals surface area contributed by atoms with Crippen LogP contribution in [0.4, 0.5) is 0 Å². The van der Waals surface area contributed by atoms with Gasteiger partial charge in [-0.1, -0.05) is 27.6 Å². The first kappa shape index (κ1) is 20.9. The molecule has 7 nitrogen and oxygen atoms in total. The van der Waals surface area contributed by atoms with E-state index in [0.29, 0.717) is 17.8 Å². The predicted octanol–water partition coefficient (Wildman–Crippen LogP) is 4.98. The largest absolute Gasteiger partial charge is 0.340 e. The van der Waals surface area contributed by atoms with Gasteiger partial charge in [0, 0.05) is 11.0 Å². The second-order valence-electron chi connectivity index (χ2n) is 8.76. The Kier molecular flexibility index (Phi) is 4.93. The number of hydrogen-bond acceptors (Lipinski definition) is 4. The molecule has 0 saturated carbocycles. The summed E-state index contributed by atoms with van der Waals surface area (Å²) in [7, 11) is 0. The summed E-state index contributed by atoms with van der Waals surface area (Å²) in [5.74, 6) is 0.793. The molecule has 1 aliphatic rings. The smallest absolute Gasteiger partial charge is 0.256 e. The Hall–Kier alpha value is -3.00. The van der Waals surface area contributed by atoms with Crippen molar-refractivity contribution < 1.29 is 4.79 Å². The van der Waals surface area contributed by atoms with Gasteiger partial charge in [0.05, 0.1) is 40.2 Å². The fourth-order valence-electron chi connectivity index (χ4n) is 4.64. The number of nitrogens with one attached hydrogen (secondary N) is 1. The average Bonchev–Trinajstić information content (AvgIpc) is 3.52. The van der Waals surface area contributed by atoms with Gasteiger partial charge in [-0.25, -0.2) is 4.98 Å². The van der Waals surface area contributed by atoms with Crippen LogP contribution in [-0.2, 0) is 5.54 Å². The summed E-state index contributed by atoms with van der Waals surface area (Å²) >= 11 is 3.65. The maximum absolute atomic E-state index is 13.9. The Bertz CT molecular complexity index is 1340. The van der Waals surface area contributed by atoms with Gasteiger partial charge in [0.1, 0.15) is 5.82 Å². The highest BCUT2D eigenvalue weighted by Gasteiger charge is 2.44. The number of rotatable bonds is 3. The number of aryl methyl sites for hydroxylation is 2. The Morgan fingerprint density at radius 1 is 1.12 bits per heavy atom. The van der Waals surface area contributed by atoms with Crippen molar-refractivity contribution in [2.24, 2.45) is 0 Å². The fraction of sp³-hybridized carbons (Fsp3) is 0.333. The first-order valence-corrected chi connectivity index (χ1v) is 11.5. The zero-order chi connectivity index (χ0) is 22.6. The average molecular weight is 493 g/mol. The zero-order valence-corrected chi connectivity index (χ0v) is 20.2. The van der Waals surface area contributed by atoms with Crippen molar-refractivity contribution in [2.45, 2.75) is 46.1 Å². The first-order chi connectivity index (χ1) is 15.3. The van der Waals surface area contributed by atoms with Gasteiger partial charge >= 0.3 is 0 Å². The van der Waals surface area contributed by atoms with Gasteiger partial charge in [0.2, 0.25) is 0 Å². The lowest BCUT2D eigenvalue weighted by molar-refractivity contribution is 0.0605. The Labute approximate surface area is 195 Å². The van der Waals surface area contributed by atoms with E-state index in [1.54, 1.807) is 12.4 Å². The topological polar surface area (TPSA) is 79.7 Å². The predicted molar refractivity (Wildman–Crippen MR) is 127 cm³/mol. The summed E-state index contributed by atoms with van der Waals surface area (Å²) in [5.41, 5.74) is 6.02. The van der Waals surface area contributed by atoms with Crippen LogP contribution in [0.1, 0.15) is 52.6 Å². The molecule has 1 atom stereocenters. The standard InChI is InChI=1S/C24H25BrN6O/c1-14-6-7-20(31-26-9-10-27-31)17(12-14)22(32)30-11-5-8-24(30,4)23-28-19-13-18(25)15(2)16(3)21(19)29-23/h6-7,9-10,12-13H,5,8,11H2,1-4H3,(H,28,29). The van der Waals surface area contributed by atoms with Crippen molar-refractivity contribution in [3.63, 3.8) is 0 Å². The number of likely N-dealkylation sites (tertiary alicyclic amines) is 1. The fourth-order valence-corrected chi connectivity index (χ4v) is 5.17. The SMILES string of the molecule is Cc1ccc(-n2nccn2)c(C(=O)N2CCCC2(C)c2nc3c(C)c(C)c(Br)cc3[nH]2)c1. The summed E-state index contributed by atoms with van der Waals surface area (Å²) in [5, 5.41) is 8.49. The Morgan fingerprint density at radius 2 is 1.88 bits per heavy atom. The van der Waals surface area contributed by atoms with Gasteiger partial charge in [0.15, 0.2) is 0 Å². The number of halogens is 1. The number of nitrogens with zero attached hydrogens (tertiary/aromatic N) is 5. The second kappa shape index (κ2) is 7.55. The summed E-state index contributed by atoms with van der Waals surface area (Å²) in [4.78, 5) is 25.9. The highest BCUT2D eigenvalue weighted by molar-refractivity contribution is 9.10. The van der Waals surface area contributed by atoms with Crippen molar-refractivity contribution >= 4 is 32.9 Å². The number of fused-ring (bicyclic) bond motifs is 1. The van der Waals surface area contributed by atoms with Crippen LogP contribution in [0.25, 0.3) is 16.7 Å². The van der Waals surface area contributed by atoms with Gasteiger partial charge in [-0.3, -0.25) is 4.79 Å². The molecule has 3 heterocycles. The molecule has 1 amide bonds. The minimum absolute atomic E-state index is 0.0319. The van der Waals surface area contributed by atoms with Crippen LogP contribution in [0.15, 0.2) is 41.1 Å². The lowest BCUT2D eigenvalue weighted by atomic mass is 9.96. The number of amides is 1. The van der Waals surface area contributed by atoms with Crippen molar-refractivity contribution in [2.75, 3.05) is 6.54 Å². The van der Waals surface area contributed by atoms with E-state index >= 15 is 0 Å². The summed E-state index contributed by atoms with van der Waals surface area (Å²) in [6.45, 7) is 8.94. The summed E-state index contributed by atoms with van der Waals surface area (Å²) in [6.07, 6.45) is 5.00. The molecule has 2 aromatic carbocycles. The van der Waals surface area contributed by atoms with E-state index in [2.05, 4.69) is 57.9 Å². The third-order valence-corrected chi connectivity index (χ3v) is 7.52. The third-order valence-electron chi connectivity index (χ3n) is 6.69. The molecule has 0 spiro atoms. The van der Waals surface area contributed by atoms with Crippen LogP contribution in [0, 0.1) is 20.8 Å². The number of benzene rings is 2. The van der Waals surface area contributed by atoms with E-state index in [1.807, 2.05) is 30.0 Å². The molecule has 1 aliphatic heterocycles. The Balaban J connectivity index is 1.60. The van der Waals surface area contributed by atoms with E-state index in [4.69, 9.17) is 4.98 Å². The highest BCUT2D eigenvalue weighted by Crippen LogP contribution is 2.40. The lowest BCUT2D eigenvalue weighted by Gasteiger charge is -2.34. The van der Waals surface area contributed by atoms with Crippen LogP contribution < -0.4 is 0 Å². The number of aromatic nitrogens is 5. The number of aromatic amines is 1. The molecule has 5 rings (SSSR count). The molecule has 2 aromatic heterocycles. The lowest BCUT2D eigenvalue weighted by Crippen LogP contribution is -2.44. The number of carbonyl (C=O) groups is 1. The molecule has 0 radical (unpaired) electrons. The Morgan fingerprint density at radius 3 is 2.62 bits per heavy atom. The van der Waals surface area contributed by atoms with Crippen LogP contribution in [0.5, 0.6) is 0 Å². The highest BCUT2D eigenvalue weighted by atomic mass is 79.9. The van der Waals surface area contributed by atoms with Gasteiger partial charge in [0.25, 0.3) is 5.91 Å². The summed E-state index contributed by atoms with van der Waals surface area (Å²) in [6, 6.07) is 7.87. The van der Waals surface area contributed by atoms with Crippen LogP contribution >= 0.6 is 15.9 Å². The molecule has 1 saturated heterocycles.